The average Bonchev–Trinajstić information content (AvgIpc) is 3.15. The van der Waals surface area contributed by atoms with E-state index in [-0.39, 0.29) is 11.2 Å². The maximum Gasteiger partial charge on any atom is 0.237 e. The first-order chi connectivity index (χ1) is 13.5. The molecule has 1 aromatic heterocycles. The van der Waals surface area contributed by atoms with Gasteiger partial charge in [0.05, 0.1) is 5.25 Å². The van der Waals surface area contributed by atoms with Crippen molar-refractivity contribution in [1.29, 1.82) is 0 Å². The van der Waals surface area contributed by atoms with E-state index in [0.717, 1.165) is 32.8 Å². The first-order valence-corrected chi connectivity index (χ1v) is 10.9. The van der Waals surface area contributed by atoms with Crippen LogP contribution in [0.2, 0.25) is 0 Å². The van der Waals surface area contributed by atoms with E-state index < -0.39 is 0 Å². The van der Waals surface area contributed by atoms with E-state index in [4.69, 9.17) is 0 Å². The zero-order valence-corrected chi connectivity index (χ0v) is 17.8. The molecular weight excluding hydrogens is 388 g/mol. The lowest BCUT2D eigenvalue weighted by Crippen LogP contribution is -2.22. The molecule has 5 nitrogen and oxygen atoms in total. The molecule has 7 heteroatoms. The highest BCUT2D eigenvalue weighted by Crippen LogP contribution is 2.31. The minimum absolute atomic E-state index is 0.0553. The molecule has 0 unspecified atom stereocenters. The monoisotopic (exact) mass is 412 g/mol. The lowest BCUT2D eigenvalue weighted by molar-refractivity contribution is -0.115. The van der Waals surface area contributed by atoms with Gasteiger partial charge in [-0.25, -0.2) is 0 Å². The van der Waals surface area contributed by atoms with Crippen molar-refractivity contribution in [1.82, 2.24) is 10.2 Å². The Morgan fingerprint density at radius 2 is 1.75 bits per heavy atom. The molecule has 0 spiro atoms. The smallest absolute Gasteiger partial charge is 0.237 e. The van der Waals surface area contributed by atoms with Crippen LogP contribution in [0.25, 0.3) is 11.1 Å². The van der Waals surface area contributed by atoms with E-state index in [9.17, 15) is 4.79 Å². The predicted molar refractivity (Wildman–Crippen MR) is 119 cm³/mol. The highest BCUT2D eigenvalue weighted by Gasteiger charge is 2.18. The molecule has 3 aromatic rings. The minimum Gasteiger partial charge on any atom is -0.360 e. The van der Waals surface area contributed by atoms with Gasteiger partial charge in [0.2, 0.25) is 11.0 Å². The third-order valence-electron chi connectivity index (χ3n) is 3.98. The third-order valence-corrected chi connectivity index (χ3v) is 6.05. The molecule has 2 N–H and O–H groups in total. The van der Waals surface area contributed by atoms with Gasteiger partial charge in [0.25, 0.3) is 0 Å². The summed E-state index contributed by atoms with van der Waals surface area (Å²) in [7, 11) is 0. The topological polar surface area (TPSA) is 66.9 Å². The Balaban J connectivity index is 1.64. The molecule has 146 valence electrons. The first-order valence-electron chi connectivity index (χ1n) is 9.22. The van der Waals surface area contributed by atoms with Crippen LogP contribution in [-0.4, -0.2) is 27.9 Å². The van der Waals surface area contributed by atoms with E-state index in [1.54, 1.807) is 0 Å². The van der Waals surface area contributed by atoms with E-state index in [2.05, 4.69) is 34.7 Å². The molecule has 0 aliphatic carbocycles. The number of amides is 1. The number of carbonyl (C=O) groups excluding carboxylic acids is 1. The predicted octanol–water partition coefficient (Wildman–Crippen LogP) is 5.39. The van der Waals surface area contributed by atoms with Crippen LogP contribution in [-0.2, 0) is 4.79 Å². The highest BCUT2D eigenvalue weighted by atomic mass is 32.2. The fraction of sp³-hybridized carbons (Fsp3) is 0.286. The van der Waals surface area contributed by atoms with Crippen LogP contribution in [0.4, 0.5) is 10.8 Å². The van der Waals surface area contributed by atoms with Crippen molar-refractivity contribution in [2.75, 3.05) is 17.2 Å². The number of hydrogen-bond acceptors (Lipinski definition) is 6. The van der Waals surface area contributed by atoms with Crippen molar-refractivity contribution in [2.45, 2.75) is 30.4 Å². The Morgan fingerprint density at radius 1 is 1.04 bits per heavy atom. The van der Waals surface area contributed by atoms with Crippen molar-refractivity contribution in [2.24, 2.45) is 5.92 Å². The van der Waals surface area contributed by atoms with Crippen LogP contribution < -0.4 is 10.6 Å². The summed E-state index contributed by atoms with van der Waals surface area (Å²) in [5.41, 5.74) is 2.89. The van der Waals surface area contributed by atoms with Gasteiger partial charge in [-0.3, -0.25) is 4.79 Å². The highest BCUT2D eigenvalue weighted by molar-refractivity contribution is 8.02. The number of benzene rings is 2. The number of aromatic nitrogens is 2. The quantitative estimate of drug-likeness (QED) is 0.485. The number of anilines is 2. The van der Waals surface area contributed by atoms with Crippen LogP contribution in [0.3, 0.4) is 0 Å². The zero-order valence-electron chi connectivity index (χ0n) is 16.2. The molecule has 0 saturated carbocycles. The summed E-state index contributed by atoms with van der Waals surface area (Å²) in [4.78, 5) is 12.7. The van der Waals surface area contributed by atoms with Gasteiger partial charge in [-0.15, -0.1) is 10.2 Å². The summed E-state index contributed by atoms with van der Waals surface area (Å²) in [6, 6.07) is 17.9. The van der Waals surface area contributed by atoms with E-state index in [1.807, 2.05) is 61.5 Å². The summed E-state index contributed by atoms with van der Waals surface area (Å²) in [5.74, 6) is 0.481. The lowest BCUT2D eigenvalue weighted by atomic mass is 10.0. The van der Waals surface area contributed by atoms with Crippen LogP contribution in [0.5, 0.6) is 0 Å². The van der Waals surface area contributed by atoms with Gasteiger partial charge >= 0.3 is 0 Å². The maximum atomic E-state index is 12.7. The summed E-state index contributed by atoms with van der Waals surface area (Å²) >= 11 is 2.90. The molecule has 28 heavy (non-hydrogen) atoms. The third kappa shape index (κ3) is 5.56. The molecule has 1 atom stereocenters. The number of nitrogens with zero attached hydrogens (tertiary/aromatic N) is 2. The van der Waals surface area contributed by atoms with E-state index in [1.165, 1.54) is 23.1 Å². The summed E-state index contributed by atoms with van der Waals surface area (Å²) in [6.07, 6.45) is 0. The van der Waals surface area contributed by atoms with E-state index >= 15 is 0 Å². The molecule has 0 bridgehead atoms. The van der Waals surface area contributed by atoms with Crippen molar-refractivity contribution in [3.8, 4) is 11.1 Å². The van der Waals surface area contributed by atoms with Crippen molar-refractivity contribution in [3.05, 3.63) is 54.6 Å². The van der Waals surface area contributed by atoms with Gasteiger partial charge in [-0.1, -0.05) is 85.5 Å². The Morgan fingerprint density at radius 3 is 2.50 bits per heavy atom. The van der Waals surface area contributed by atoms with Crippen LogP contribution in [0.15, 0.2) is 58.9 Å². The Hall–Kier alpha value is -2.38. The Labute approximate surface area is 174 Å². The van der Waals surface area contributed by atoms with Crippen LogP contribution in [0, 0.1) is 5.92 Å². The second-order valence-corrected chi connectivity index (χ2v) is 9.37. The fourth-order valence-corrected chi connectivity index (χ4v) is 4.42. The second-order valence-electron chi connectivity index (χ2n) is 6.81. The van der Waals surface area contributed by atoms with Gasteiger partial charge < -0.3 is 10.6 Å². The summed E-state index contributed by atoms with van der Waals surface area (Å²) in [5, 5.41) is 15.1. The van der Waals surface area contributed by atoms with Crippen molar-refractivity contribution in [3.63, 3.8) is 0 Å². The zero-order chi connectivity index (χ0) is 19.9. The van der Waals surface area contributed by atoms with Gasteiger partial charge in [0.1, 0.15) is 0 Å². The number of para-hydroxylation sites is 1. The van der Waals surface area contributed by atoms with Crippen LogP contribution >= 0.6 is 23.1 Å². The number of rotatable bonds is 8. The fourth-order valence-electron chi connectivity index (χ4n) is 2.52. The Bertz CT molecular complexity index is 912. The maximum absolute atomic E-state index is 12.7. The summed E-state index contributed by atoms with van der Waals surface area (Å²) in [6.45, 7) is 7.02. The number of nitrogens with one attached hydrogen (secondary N) is 2. The normalized spacial score (nSPS) is 12.0. The molecule has 0 aliphatic rings. The number of carbonyl (C=O) groups is 1. The van der Waals surface area contributed by atoms with Crippen molar-refractivity contribution >= 4 is 39.8 Å². The molecule has 0 saturated heterocycles. The number of hydrogen-bond donors (Lipinski definition) is 2. The second kappa shape index (κ2) is 9.71. The standard InChI is InChI=1S/C21H24N4OS2/c1-14(2)13-22-20-24-25-21(28-20)27-15(3)19(26)23-18-12-8-7-11-17(18)16-9-5-4-6-10-16/h4-12,14-15H,13H2,1-3H3,(H,22,24)(H,23,26)/t15-/m0/s1. The average molecular weight is 413 g/mol. The van der Waals surface area contributed by atoms with Gasteiger partial charge in [-0.2, -0.15) is 0 Å². The number of thioether (sulfide) groups is 1. The molecular formula is C21H24N4OS2. The molecule has 0 aliphatic heterocycles. The minimum atomic E-state index is -0.283. The van der Waals surface area contributed by atoms with Gasteiger partial charge in [-0.05, 0) is 24.5 Å². The SMILES string of the molecule is CC(C)CNc1nnc(S[C@@H](C)C(=O)Nc2ccccc2-c2ccccc2)s1. The molecule has 1 amide bonds. The molecule has 2 aromatic carbocycles. The Kier molecular flexibility index (Phi) is 7.06. The molecule has 0 fully saturated rings. The lowest BCUT2D eigenvalue weighted by Gasteiger charge is -2.14. The van der Waals surface area contributed by atoms with Crippen LogP contribution in [0.1, 0.15) is 20.8 Å². The molecule has 3 rings (SSSR count). The molecule has 1 heterocycles. The molecule has 0 radical (unpaired) electrons. The van der Waals surface area contributed by atoms with Gasteiger partial charge in [0.15, 0.2) is 4.34 Å². The summed E-state index contributed by atoms with van der Waals surface area (Å²) < 4.78 is 0.783. The van der Waals surface area contributed by atoms with Gasteiger partial charge in [0, 0.05) is 17.8 Å². The first kappa shape index (κ1) is 20.4. The largest absolute Gasteiger partial charge is 0.360 e. The van der Waals surface area contributed by atoms with E-state index in [0.29, 0.717) is 5.92 Å². The van der Waals surface area contributed by atoms with Crippen molar-refractivity contribution < 1.29 is 4.79 Å².